The van der Waals surface area contributed by atoms with Crippen LogP contribution in [-0.2, 0) is 19.1 Å². The van der Waals surface area contributed by atoms with E-state index in [2.05, 4.69) is 21.2 Å². The van der Waals surface area contributed by atoms with Gasteiger partial charge in [0.15, 0.2) is 18.1 Å². The van der Waals surface area contributed by atoms with Crippen LogP contribution >= 0.6 is 27.7 Å². The molecule has 0 aliphatic carbocycles. The fourth-order valence-corrected chi connectivity index (χ4v) is 5.33. The third kappa shape index (κ3) is 7.00. The second-order valence-electron chi connectivity index (χ2n) is 8.92. The first-order valence-corrected chi connectivity index (χ1v) is 13.8. The van der Waals surface area contributed by atoms with Crippen LogP contribution in [0, 0.1) is 13.8 Å². The smallest absolute Gasteiger partial charge is 0.294 e. The number of nitrogens with zero attached hydrogens (tertiary/aromatic N) is 2. The molecule has 0 bridgehead atoms. The molecule has 2 aliphatic heterocycles. The summed E-state index contributed by atoms with van der Waals surface area (Å²) in [5.41, 5.74) is 3.39. The minimum absolute atomic E-state index is 0.198. The first-order valence-electron chi connectivity index (χ1n) is 12.1. The number of rotatable bonds is 8. The van der Waals surface area contributed by atoms with Crippen molar-refractivity contribution in [3.05, 3.63) is 56.4 Å². The quantitative estimate of drug-likeness (QED) is 0.442. The number of ether oxygens (including phenoxy) is 3. The number of methoxy groups -OCH3 is 1. The van der Waals surface area contributed by atoms with Gasteiger partial charge in [-0.25, -0.2) is 0 Å². The van der Waals surface area contributed by atoms with Crippen molar-refractivity contribution in [2.24, 2.45) is 0 Å². The van der Waals surface area contributed by atoms with Crippen molar-refractivity contribution in [3.63, 3.8) is 0 Å². The van der Waals surface area contributed by atoms with E-state index in [0.717, 1.165) is 32.3 Å². The minimum Gasteiger partial charge on any atom is -0.493 e. The zero-order valence-corrected chi connectivity index (χ0v) is 24.1. The highest BCUT2D eigenvalue weighted by Gasteiger charge is 2.37. The SMILES string of the molecule is COc1cc(/C=C2\SC(=O)N(CC(=O)N3CCOCC3)C2=O)ccc1OCC(=O)Nc1cc(C)c(C)cc1Br. The van der Waals surface area contributed by atoms with Crippen LogP contribution in [-0.4, -0.2) is 79.3 Å². The Bertz CT molecular complexity index is 1340. The van der Waals surface area contributed by atoms with E-state index < -0.39 is 11.1 Å². The highest BCUT2D eigenvalue weighted by molar-refractivity contribution is 9.10. The van der Waals surface area contributed by atoms with Gasteiger partial charge < -0.3 is 24.4 Å². The molecule has 2 saturated heterocycles. The Morgan fingerprint density at radius 3 is 2.54 bits per heavy atom. The number of hydrogen-bond acceptors (Lipinski definition) is 8. The summed E-state index contributed by atoms with van der Waals surface area (Å²) in [7, 11) is 1.46. The summed E-state index contributed by atoms with van der Waals surface area (Å²) < 4.78 is 17.1. The van der Waals surface area contributed by atoms with E-state index in [-0.39, 0.29) is 29.9 Å². The summed E-state index contributed by atoms with van der Waals surface area (Å²) in [6, 6.07) is 8.76. The second-order valence-corrected chi connectivity index (χ2v) is 10.8. The predicted octanol–water partition coefficient (Wildman–Crippen LogP) is 3.99. The molecule has 2 aromatic carbocycles. The van der Waals surface area contributed by atoms with E-state index in [1.807, 2.05) is 26.0 Å². The van der Waals surface area contributed by atoms with Crippen molar-refractivity contribution in [2.45, 2.75) is 13.8 Å². The van der Waals surface area contributed by atoms with E-state index in [4.69, 9.17) is 14.2 Å². The van der Waals surface area contributed by atoms with Gasteiger partial charge in [-0.15, -0.1) is 0 Å². The number of halogens is 1. The van der Waals surface area contributed by atoms with E-state index in [9.17, 15) is 19.2 Å². The molecular formula is C27H28BrN3O7S. The third-order valence-corrected chi connectivity index (χ3v) is 7.80. The fourth-order valence-electron chi connectivity index (χ4n) is 3.94. The lowest BCUT2D eigenvalue weighted by Crippen LogP contribution is -2.46. The lowest BCUT2D eigenvalue weighted by atomic mass is 10.1. The Kier molecular flexibility index (Phi) is 9.31. The molecule has 2 aliphatic rings. The molecule has 4 amide bonds. The van der Waals surface area contributed by atoms with Crippen LogP contribution in [0.3, 0.4) is 0 Å². The van der Waals surface area contributed by atoms with Gasteiger partial charge in [-0.3, -0.25) is 24.1 Å². The van der Waals surface area contributed by atoms with Gasteiger partial charge in [-0.1, -0.05) is 6.07 Å². The zero-order chi connectivity index (χ0) is 28.1. The normalized spacial score (nSPS) is 16.6. The first-order chi connectivity index (χ1) is 18.7. The highest BCUT2D eigenvalue weighted by atomic mass is 79.9. The maximum atomic E-state index is 12.9. The van der Waals surface area contributed by atoms with Gasteiger partial charge in [0.25, 0.3) is 17.1 Å². The molecule has 10 nitrogen and oxygen atoms in total. The second kappa shape index (κ2) is 12.7. The Hall–Kier alpha value is -3.35. The summed E-state index contributed by atoms with van der Waals surface area (Å²) in [6.45, 7) is 5.14. The number of imide groups is 1. The molecule has 2 fully saturated rings. The van der Waals surface area contributed by atoms with Gasteiger partial charge in [0.2, 0.25) is 5.91 Å². The minimum atomic E-state index is -0.528. The molecule has 0 radical (unpaired) electrons. The van der Waals surface area contributed by atoms with Gasteiger partial charge in [-0.2, -0.15) is 0 Å². The maximum Gasteiger partial charge on any atom is 0.294 e. The van der Waals surface area contributed by atoms with Crippen LogP contribution in [0.1, 0.15) is 16.7 Å². The number of hydrogen-bond donors (Lipinski definition) is 1. The van der Waals surface area contributed by atoms with Gasteiger partial charge in [-0.05, 0) is 88.6 Å². The Labute approximate surface area is 238 Å². The van der Waals surface area contributed by atoms with Crippen LogP contribution in [0.2, 0.25) is 0 Å². The van der Waals surface area contributed by atoms with Gasteiger partial charge in [0.1, 0.15) is 6.54 Å². The summed E-state index contributed by atoms with van der Waals surface area (Å²) >= 11 is 4.23. The molecule has 0 spiro atoms. The van der Waals surface area contributed by atoms with Crippen molar-refractivity contribution in [3.8, 4) is 11.5 Å². The largest absolute Gasteiger partial charge is 0.493 e. The van der Waals surface area contributed by atoms with Crippen molar-refractivity contribution >= 4 is 62.4 Å². The highest BCUT2D eigenvalue weighted by Crippen LogP contribution is 2.35. The van der Waals surface area contributed by atoms with Crippen LogP contribution in [0.25, 0.3) is 6.08 Å². The summed E-state index contributed by atoms with van der Waals surface area (Å²) in [6.07, 6.45) is 1.56. The molecule has 2 aromatic rings. The molecular weight excluding hydrogens is 590 g/mol. The van der Waals surface area contributed by atoms with Crippen LogP contribution in [0.15, 0.2) is 39.7 Å². The Morgan fingerprint density at radius 1 is 1.10 bits per heavy atom. The number of carbonyl (C=O) groups is 4. The van der Waals surface area contributed by atoms with E-state index in [1.165, 1.54) is 7.11 Å². The Balaban J connectivity index is 1.39. The molecule has 1 N–H and O–H groups in total. The number of anilines is 1. The fraction of sp³-hybridized carbons (Fsp3) is 0.333. The summed E-state index contributed by atoms with van der Waals surface area (Å²) in [5, 5.41) is 2.32. The van der Waals surface area contributed by atoms with Crippen LogP contribution < -0.4 is 14.8 Å². The molecule has 12 heteroatoms. The molecule has 206 valence electrons. The topological polar surface area (TPSA) is 114 Å². The molecule has 0 atom stereocenters. The van der Waals surface area contributed by atoms with E-state index in [1.54, 1.807) is 29.2 Å². The average Bonchev–Trinajstić information content (AvgIpc) is 3.18. The Morgan fingerprint density at radius 2 is 1.82 bits per heavy atom. The molecule has 0 aromatic heterocycles. The average molecular weight is 619 g/mol. The molecule has 0 unspecified atom stereocenters. The van der Waals surface area contributed by atoms with Gasteiger partial charge in [0.05, 0.1) is 30.9 Å². The molecule has 4 rings (SSSR count). The van der Waals surface area contributed by atoms with Crippen LogP contribution in [0.4, 0.5) is 10.5 Å². The summed E-state index contributed by atoms with van der Waals surface area (Å²) in [4.78, 5) is 53.1. The zero-order valence-electron chi connectivity index (χ0n) is 21.7. The summed E-state index contributed by atoms with van der Waals surface area (Å²) in [5.74, 6) is -0.469. The predicted molar refractivity (Wildman–Crippen MR) is 151 cm³/mol. The number of nitrogens with one attached hydrogen (secondary N) is 1. The number of benzene rings is 2. The molecule has 0 saturated carbocycles. The standard InChI is InChI=1S/C27H28BrN3O7S/c1-16-10-19(28)20(11-17(16)2)29-24(32)15-38-21-5-4-18(12-22(21)36-3)13-23-26(34)31(27(35)39-23)14-25(33)30-6-8-37-9-7-30/h4-5,10-13H,6-9,14-15H2,1-3H3,(H,29,32)/b23-13-. The van der Waals surface area contributed by atoms with Gasteiger partial charge >= 0.3 is 0 Å². The number of amides is 4. The van der Waals surface area contributed by atoms with Crippen molar-refractivity contribution in [2.75, 3.05) is 51.9 Å². The van der Waals surface area contributed by atoms with Crippen molar-refractivity contribution in [1.29, 1.82) is 0 Å². The maximum absolute atomic E-state index is 12.9. The molecule has 2 heterocycles. The number of thioether (sulfide) groups is 1. The lowest BCUT2D eigenvalue weighted by Gasteiger charge is -2.28. The molecule has 39 heavy (non-hydrogen) atoms. The lowest BCUT2D eigenvalue weighted by molar-refractivity contribution is -0.139. The monoisotopic (exact) mass is 617 g/mol. The number of morpholine rings is 1. The van der Waals surface area contributed by atoms with Crippen molar-refractivity contribution in [1.82, 2.24) is 9.80 Å². The van der Waals surface area contributed by atoms with Gasteiger partial charge in [0, 0.05) is 17.6 Å². The van der Waals surface area contributed by atoms with Crippen molar-refractivity contribution < 1.29 is 33.4 Å². The first kappa shape index (κ1) is 28.7. The van der Waals surface area contributed by atoms with E-state index >= 15 is 0 Å². The third-order valence-electron chi connectivity index (χ3n) is 6.23. The van der Waals surface area contributed by atoms with E-state index in [0.29, 0.717) is 49.1 Å². The number of carbonyl (C=O) groups excluding carboxylic acids is 4. The van der Waals surface area contributed by atoms with Crippen LogP contribution in [0.5, 0.6) is 11.5 Å². The number of aryl methyl sites for hydroxylation is 2.